The first-order chi connectivity index (χ1) is 16.3. The fourth-order valence-corrected chi connectivity index (χ4v) is 5.58. The predicted molar refractivity (Wildman–Crippen MR) is 137 cm³/mol. The second-order valence-electron chi connectivity index (χ2n) is 8.74. The normalized spacial score (nSPS) is 11.1. The van der Waals surface area contributed by atoms with Crippen LogP contribution in [0.2, 0.25) is 0 Å². The third kappa shape index (κ3) is 4.68. The SMILES string of the molecule is CCOC(=O)c1cnn(-c2cccc(-c3sc(C)c(C)c3CCc3cc[n+](C)cc3C)c2)c1C. The van der Waals surface area contributed by atoms with Crippen molar-refractivity contribution in [2.24, 2.45) is 7.05 Å². The summed E-state index contributed by atoms with van der Waals surface area (Å²) in [6.45, 7) is 10.7. The smallest absolute Gasteiger partial charge is 0.341 e. The van der Waals surface area contributed by atoms with Gasteiger partial charge in [-0.3, -0.25) is 0 Å². The number of ether oxygens (including phenoxy) is 1. The van der Waals surface area contributed by atoms with Crippen LogP contribution in [0.1, 0.15) is 50.1 Å². The monoisotopic (exact) mass is 474 g/mol. The molecule has 34 heavy (non-hydrogen) atoms. The Hall–Kier alpha value is -3.25. The molecule has 0 aliphatic carbocycles. The van der Waals surface area contributed by atoms with E-state index in [4.69, 9.17) is 4.74 Å². The molecule has 3 heterocycles. The van der Waals surface area contributed by atoms with E-state index in [0.717, 1.165) is 24.2 Å². The minimum absolute atomic E-state index is 0.334. The summed E-state index contributed by atoms with van der Waals surface area (Å²) in [5.74, 6) is -0.334. The van der Waals surface area contributed by atoms with E-state index in [1.165, 1.54) is 37.6 Å². The Morgan fingerprint density at radius 1 is 1.15 bits per heavy atom. The average Bonchev–Trinajstić information content (AvgIpc) is 3.33. The molecule has 0 unspecified atom stereocenters. The third-order valence-electron chi connectivity index (χ3n) is 6.43. The fourth-order valence-electron chi connectivity index (χ4n) is 4.38. The van der Waals surface area contributed by atoms with Gasteiger partial charge in [0.1, 0.15) is 12.6 Å². The maximum atomic E-state index is 12.2. The van der Waals surface area contributed by atoms with E-state index in [9.17, 15) is 4.79 Å². The van der Waals surface area contributed by atoms with Gasteiger partial charge in [-0.2, -0.15) is 5.10 Å². The van der Waals surface area contributed by atoms with Gasteiger partial charge < -0.3 is 4.74 Å². The zero-order valence-electron chi connectivity index (χ0n) is 20.8. The maximum Gasteiger partial charge on any atom is 0.341 e. The van der Waals surface area contributed by atoms with Crippen LogP contribution >= 0.6 is 11.3 Å². The summed E-state index contributed by atoms with van der Waals surface area (Å²) in [6.07, 6.45) is 7.90. The molecule has 0 aliphatic heterocycles. The minimum atomic E-state index is -0.334. The van der Waals surface area contributed by atoms with Crippen molar-refractivity contribution in [2.45, 2.75) is 47.5 Å². The molecule has 4 rings (SSSR count). The molecule has 0 saturated heterocycles. The van der Waals surface area contributed by atoms with Crippen LogP contribution < -0.4 is 4.57 Å². The standard InChI is InChI=1S/C28H32N3O2S/c1-7-33-28(32)26-16-29-31(20(26)4)24-10-8-9-23(15-24)27-25(19(3)21(5)34-27)12-11-22-13-14-30(6)17-18(22)2/h8-10,13-17H,7,11-12H2,1-6H3/q+1. The Morgan fingerprint density at radius 3 is 2.68 bits per heavy atom. The highest BCUT2D eigenvalue weighted by Gasteiger charge is 2.18. The maximum absolute atomic E-state index is 12.2. The molecule has 0 fully saturated rings. The molecule has 3 aromatic heterocycles. The van der Waals surface area contributed by atoms with Gasteiger partial charge in [-0.25, -0.2) is 14.0 Å². The third-order valence-corrected chi connectivity index (χ3v) is 7.73. The van der Waals surface area contributed by atoms with Crippen LogP contribution in [0, 0.1) is 27.7 Å². The highest BCUT2D eigenvalue weighted by Crippen LogP contribution is 2.37. The van der Waals surface area contributed by atoms with Gasteiger partial charge >= 0.3 is 5.97 Å². The van der Waals surface area contributed by atoms with Crippen LogP contribution in [0.4, 0.5) is 0 Å². The summed E-state index contributed by atoms with van der Waals surface area (Å²) < 4.78 is 9.08. The summed E-state index contributed by atoms with van der Waals surface area (Å²) in [6, 6.07) is 10.6. The largest absolute Gasteiger partial charge is 0.462 e. The quantitative estimate of drug-likeness (QED) is 0.258. The van der Waals surface area contributed by atoms with Crippen molar-refractivity contribution < 1.29 is 14.1 Å². The summed E-state index contributed by atoms with van der Waals surface area (Å²) >= 11 is 1.85. The first-order valence-electron chi connectivity index (χ1n) is 11.7. The van der Waals surface area contributed by atoms with Gasteiger partial charge in [-0.1, -0.05) is 12.1 Å². The molecule has 0 bridgehead atoms. The Labute approximate surface area is 205 Å². The van der Waals surface area contributed by atoms with Crippen molar-refractivity contribution in [3.8, 4) is 16.1 Å². The lowest BCUT2D eigenvalue weighted by Crippen LogP contribution is -2.27. The first kappa shape index (κ1) is 23.9. The van der Waals surface area contributed by atoms with Gasteiger partial charge in [-0.15, -0.1) is 11.3 Å². The Morgan fingerprint density at radius 2 is 1.94 bits per heavy atom. The van der Waals surface area contributed by atoms with Crippen LogP contribution in [-0.4, -0.2) is 22.4 Å². The lowest BCUT2D eigenvalue weighted by atomic mass is 9.97. The minimum Gasteiger partial charge on any atom is -0.462 e. The van der Waals surface area contributed by atoms with Gasteiger partial charge in [0.05, 0.1) is 24.2 Å². The molecule has 1 aromatic carbocycles. The molecule has 0 atom stereocenters. The Bertz CT molecular complexity index is 1350. The zero-order valence-corrected chi connectivity index (χ0v) is 21.6. The molecule has 0 saturated carbocycles. The number of aromatic nitrogens is 3. The van der Waals surface area contributed by atoms with Crippen molar-refractivity contribution >= 4 is 17.3 Å². The molecule has 4 aromatic rings. The highest BCUT2D eigenvalue weighted by atomic mass is 32.1. The molecule has 0 amide bonds. The number of hydrogen-bond acceptors (Lipinski definition) is 4. The predicted octanol–water partition coefficient (Wildman–Crippen LogP) is 5.62. The van der Waals surface area contributed by atoms with Crippen LogP contribution in [0.15, 0.2) is 48.9 Å². The lowest BCUT2D eigenvalue weighted by molar-refractivity contribution is -0.671. The van der Waals surface area contributed by atoms with Crippen LogP contribution in [0.3, 0.4) is 0 Å². The molecule has 176 valence electrons. The summed E-state index contributed by atoms with van der Waals surface area (Å²) in [4.78, 5) is 14.9. The first-order valence-corrected chi connectivity index (χ1v) is 12.5. The number of hydrogen-bond donors (Lipinski definition) is 0. The molecular formula is C28H32N3O2S+. The molecule has 5 nitrogen and oxygen atoms in total. The number of rotatable bonds is 7. The van der Waals surface area contributed by atoms with Crippen LogP contribution in [-0.2, 0) is 24.6 Å². The number of nitrogens with zero attached hydrogens (tertiary/aromatic N) is 3. The van der Waals surface area contributed by atoms with Crippen LogP contribution in [0.25, 0.3) is 16.1 Å². The van der Waals surface area contributed by atoms with E-state index in [2.05, 4.69) is 74.1 Å². The van der Waals surface area contributed by atoms with Crippen molar-refractivity contribution in [2.75, 3.05) is 6.61 Å². The number of carbonyl (C=O) groups excluding carboxylic acids is 1. The van der Waals surface area contributed by atoms with E-state index in [1.807, 2.05) is 35.9 Å². The molecule has 6 heteroatoms. The van der Waals surface area contributed by atoms with E-state index in [0.29, 0.717) is 12.2 Å². The number of benzene rings is 1. The lowest BCUT2D eigenvalue weighted by Gasteiger charge is -2.10. The zero-order chi connectivity index (χ0) is 24.4. The molecular weight excluding hydrogens is 442 g/mol. The number of carbonyl (C=O) groups is 1. The van der Waals surface area contributed by atoms with E-state index in [-0.39, 0.29) is 5.97 Å². The Balaban J connectivity index is 1.67. The topological polar surface area (TPSA) is 48.0 Å². The van der Waals surface area contributed by atoms with Gasteiger partial charge in [0.15, 0.2) is 12.4 Å². The summed E-state index contributed by atoms with van der Waals surface area (Å²) in [5.41, 5.74) is 8.90. The number of aryl methyl sites for hydroxylation is 4. The van der Waals surface area contributed by atoms with Gasteiger partial charge in [0, 0.05) is 21.4 Å². The van der Waals surface area contributed by atoms with E-state index < -0.39 is 0 Å². The van der Waals surface area contributed by atoms with Crippen LogP contribution in [0.5, 0.6) is 0 Å². The van der Waals surface area contributed by atoms with Gasteiger partial charge in [0.25, 0.3) is 0 Å². The summed E-state index contributed by atoms with van der Waals surface area (Å²) in [5, 5.41) is 4.48. The van der Waals surface area contributed by atoms with E-state index in [1.54, 1.807) is 6.20 Å². The second-order valence-corrected chi connectivity index (χ2v) is 9.96. The van der Waals surface area contributed by atoms with Crippen molar-refractivity contribution in [3.05, 3.63) is 87.3 Å². The number of thiophene rings is 1. The highest BCUT2D eigenvalue weighted by molar-refractivity contribution is 7.15. The number of pyridine rings is 1. The summed E-state index contributed by atoms with van der Waals surface area (Å²) in [7, 11) is 2.06. The fraction of sp³-hybridized carbons (Fsp3) is 0.321. The van der Waals surface area contributed by atoms with Crippen molar-refractivity contribution in [1.82, 2.24) is 9.78 Å². The molecule has 0 N–H and O–H groups in total. The Kier molecular flexibility index (Phi) is 6.98. The van der Waals surface area contributed by atoms with Gasteiger partial charge in [0.2, 0.25) is 0 Å². The molecule has 0 spiro atoms. The average molecular weight is 475 g/mol. The number of esters is 1. The second kappa shape index (κ2) is 9.94. The molecule has 0 aliphatic rings. The van der Waals surface area contributed by atoms with E-state index >= 15 is 0 Å². The van der Waals surface area contributed by atoms with Crippen molar-refractivity contribution in [3.63, 3.8) is 0 Å². The molecule has 0 radical (unpaired) electrons. The van der Waals surface area contributed by atoms with Crippen molar-refractivity contribution in [1.29, 1.82) is 0 Å². The van der Waals surface area contributed by atoms with Gasteiger partial charge in [-0.05, 0) is 81.8 Å².